The Morgan fingerprint density at radius 3 is 2.15 bits per heavy atom. The summed E-state index contributed by atoms with van der Waals surface area (Å²) < 4.78 is 38.5. The van der Waals surface area contributed by atoms with Crippen LogP contribution in [0.15, 0.2) is 66.4 Å². The maximum Gasteiger partial charge on any atom is 0.282 e. The van der Waals surface area contributed by atoms with Crippen molar-refractivity contribution in [2.75, 3.05) is 24.4 Å². The average Bonchev–Trinajstić information content (AvgIpc) is 3.04. The smallest absolute Gasteiger partial charge is 0.282 e. The Labute approximate surface area is 189 Å². The van der Waals surface area contributed by atoms with Gasteiger partial charge in [0.25, 0.3) is 11.8 Å². The molecule has 1 N–H and O–H groups in total. The number of ether oxygens (including phenoxy) is 2. The molecule has 0 unspecified atom stereocenters. The molecule has 4 rings (SSSR count). The number of nitrogens with zero attached hydrogens (tertiary/aromatic N) is 1. The fourth-order valence-corrected chi connectivity index (χ4v) is 3.57. The molecule has 33 heavy (non-hydrogen) atoms. The second-order valence-corrected chi connectivity index (χ2v) is 7.35. The minimum absolute atomic E-state index is 0.0419. The molecule has 1 aliphatic heterocycles. The highest BCUT2D eigenvalue weighted by Gasteiger charge is 2.41. The SMILES string of the molecule is COc1ccc(NC2=C(c3ccc(C)cc3)C(=O)N(c3ccc(F)cc3F)C2=O)cc1OC. The number of aryl methyl sites for hydroxylation is 1. The summed E-state index contributed by atoms with van der Waals surface area (Å²) in [5.41, 5.74) is 1.59. The van der Waals surface area contributed by atoms with Gasteiger partial charge in [-0.05, 0) is 36.8 Å². The van der Waals surface area contributed by atoms with Crippen LogP contribution < -0.4 is 19.7 Å². The fraction of sp³-hybridized carbons (Fsp3) is 0.120. The number of anilines is 2. The minimum Gasteiger partial charge on any atom is -0.493 e. The summed E-state index contributed by atoms with van der Waals surface area (Å²) in [5.74, 6) is -2.43. The van der Waals surface area contributed by atoms with Crippen molar-refractivity contribution in [1.82, 2.24) is 0 Å². The zero-order chi connectivity index (χ0) is 23.7. The van der Waals surface area contributed by atoms with E-state index >= 15 is 0 Å². The van der Waals surface area contributed by atoms with Crippen LogP contribution in [0, 0.1) is 18.6 Å². The number of hydrogen-bond acceptors (Lipinski definition) is 5. The van der Waals surface area contributed by atoms with Crippen molar-refractivity contribution in [2.24, 2.45) is 0 Å². The van der Waals surface area contributed by atoms with Gasteiger partial charge in [0, 0.05) is 17.8 Å². The van der Waals surface area contributed by atoms with E-state index in [4.69, 9.17) is 9.47 Å². The molecule has 8 heteroatoms. The van der Waals surface area contributed by atoms with Crippen molar-refractivity contribution < 1.29 is 27.8 Å². The van der Waals surface area contributed by atoms with Crippen LogP contribution in [0.1, 0.15) is 11.1 Å². The summed E-state index contributed by atoms with van der Waals surface area (Å²) in [6.45, 7) is 1.89. The van der Waals surface area contributed by atoms with E-state index in [-0.39, 0.29) is 17.0 Å². The van der Waals surface area contributed by atoms with Crippen LogP contribution >= 0.6 is 0 Å². The zero-order valence-electron chi connectivity index (χ0n) is 18.1. The Hall–Kier alpha value is -4.20. The number of halogens is 2. The summed E-state index contributed by atoms with van der Waals surface area (Å²) in [5, 5.41) is 2.98. The van der Waals surface area contributed by atoms with E-state index in [1.807, 2.05) is 6.92 Å². The number of imide groups is 1. The zero-order valence-corrected chi connectivity index (χ0v) is 18.1. The average molecular weight is 450 g/mol. The van der Waals surface area contributed by atoms with Crippen molar-refractivity contribution in [2.45, 2.75) is 6.92 Å². The lowest BCUT2D eigenvalue weighted by Crippen LogP contribution is -2.33. The molecule has 6 nitrogen and oxygen atoms in total. The lowest BCUT2D eigenvalue weighted by molar-refractivity contribution is -0.120. The molecule has 0 atom stereocenters. The molecular formula is C25H20F2N2O4. The van der Waals surface area contributed by atoms with E-state index in [2.05, 4.69) is 5.32 Å². The molecule has 1 heterocycles. The van der Waals surface area contributed by atoms with E-state index in [0.717, 1.165) is 17.7 Å². The first-order valence-corrected chi connectivity index (χ1v) is 9.98. The van der Waals surface area contributed by atoms with Gasteiger partial charge < -0.3 is 14.8 Å². The van der Waals surface area contributed by atoms with Crippen LogP contribution in [0.3, 0.4) is 0 Å². The van der Waals surface area contributed by atoms with E-state index in [9.17, 15) is 18.4 Å². The molecule has 3 aromatic carbocycles. The van der Waals surface area contributed by atoms with Crippen LogP contribution in [0.4, 0.5) is 20.2 Å². The van der Waals surface area contributed by atoms with Crippen molar-refractivity contribution >= 4 is 28.8 Å². The van der Waals surface area contributed by atoms with E-state index in [1.165, 1.54) is 14.2 Å². The molecule has 0 bridgehead atoms. The van der Waals surface area contributed by atoms with E-state index in [1.54, 1.807) is 42.5 Å². The Morgan fingerprint density at radius 2 is 1.52 bits per heavy atom. The Kier molecular flexibility index (Phi) is 5.83. The molecule has 1 aliphatic rings. The summed E-state index contributed by atoms with van der Waals surface area (Å²) >= 11 is 0. The van der Waals surface area contributed by atoms with E-state index in [0.29, 0.717) is 33.7 Å². The monoisotopic (exact) mass is 450 g/mol. The van der Waals surface area contributed by atoms with Gasteiger partial charge in [-0.15, -0.1) is 0 Å². The van der Waals surface area contributed by atoms with Crippen LogP contribution in [-0.4, -0.2) is 26.0 Å². The van der Waals surface area contributed by atoms with Gasteiger partial charge in [-0.1, -0.05) is 29.8 Å². The predicted octanol–water partition coefficient (Wildman–Crippen LogP) is 4.69. The molecular weight excluding hydrogens is 430 g/mol. The number of amides is 2. The normalized spacial score (nSPS) is 13.5. The second kappa shape index (κ2) is 8.74. The molecule has 0 saturated heterocycles. The topological polar surface area (TPSA) is 67.9 Å². The van der Waals surface area contributed by atoms with E-state index < -0.39 is 23.4 Å². The van der Waals surface area contributed by atoms with Gasteiger partial charge in [0.05, 0.1) is 25.5 Å². The maximum absolute atomic E-state index is 14.5. The molecule has 0 aliphatic carbocycles. The first-order valence-electron chi connectivity index (χ1n) is 9.98. The van der Waals surface area contributed by atoms with Gasteiger partial charge in [0.1, 0.15) is 17.3 Å². The summed E-state index contributed by atoms with van der Waals surface area (Å²) in [6.07, 6.45) is 0. The fourth-order valence-electron chi connectivity index (χ4n) is 3.57. The number of rotatable bonds is 6. The van der Waals surface area contributed by atoms with Crippen molar-refractivity contribution in [3.63, 3.8) is 0 Å². The minimum atomic E-state index is -1.02. The number of benzene rings is 3. The third-order valence-electron chi connectivity index (χ3n) is 5.23. The number of hydrogen-bond donors (Lipinski definition) is 1. The van der Waals surface area contributed by atoms with Gasteiger partial charge in [0.2, 0.25) is 0 Å². The predicted molar refractivity (Wildman–Crippen MR) is 120 cm³/mol. The summed E-state index contributed by atoms with van der Waals surface area (Å²) in [4.78, 5) is 27.4. The largest absolute Gasteiger partial charge is 0.493 e. The number of nitrogens with one attached hydrogen (secondary N) is 1. The van der Waals surface area contributed by atoms with Gasteiger partial charge >= 0.3 is 0 Å². The molecule has 2 amide bonds. The van der Waals surface area contributed by atoms with Crippen molar-refractivity contribution in [1.29, 1.82) is 0 Å². The Bertz CT molecular complexity index is 1290. The molecule has 0 spiro atoms. The summed E-state index contributed by atoms with van der Waals surface area (Å²) in [7, 11) is 2.97. The molecule has 0 saturated carbocycles. The second-order valence-electron chi connectivity index (χ2n) is 7.35. The van der Waals surface area contributed by atoms with Crippen LogP contribution in [0.5, 0.6) is 11.5 Å². The first kappa shape index (κ1) is 22.0. The van der Waals surface area contributed by atoms with Gasteiger partial charge in [-0.2, -0.15) is 0 Å². The molecule has 168 valence electrons. The lowest BCUT2D eigenvalue weighted by Gasteiger charge is -2.16. The molecule has 0 fully saturated rings. The highest BCUT2D eigenvalue weighted by Crippen LogP contribution is 2.36. The van der Waals surface area contributed by atoms with Crippen LogP contribution in [-0.2, 0) is 9.59 Å². The Balaban J connectivity index is 1.83. The first-order chi connectivity index (χ1) is 15.8. The highest BCUT2D eigenvalue weighted by atomic mass is 19.1. The van der Waals surface area contributed by atoms with Gasteiger partial charge in [0.15, 0.2) is 11.5 Å². The summed E-state index contributed by atoms with van der Waals surface area (Å²) in [6, 6.07) is 14.6. The van der Waals surface area contributed by atoms with Crippen molar-refractivity contribution in [3.8, 4) is 11.5 Å². The maximum atomic E-state index is 14.5. The third kappa shape index (κ3) is 4.03. The number of methoxy groups -OCH3 is 2. The Morgan fingerprint density at radius 1 is 0.818 bits per heavy atom. The molecule has 3 aromatic rings. The molecule has 0 radical (unpaired) electrons. The highest BCUT2D eigenvalue weighted by molar-refractivity contribution is 6.46. The van der Waals surface area contributed by atoms with Crippen molar-refractivity contribution in [3.05, 3.63) is 89.1 Å². The quantitative estimate of drug-likeness (QED) is 0.552. The van der Waals surface area contributed by atoms with Crippen LogP contribution in [0.2, 0.25) is 0 Å². The van der Waals surface area contributed by atoms with Gasteiger partial charge in [-0.3, -0.25) is 9.59 Å². The lowest BCUT2D eigenvalue weighted by atomic mass is 10.0. The van der Waals surface area contributed by atoms with Gasteiger partial charge in [-0.25, -0.2) is 13.7 Å². The standard InChI is InChI=1S/C25H20F2N2O4/c1-14-4-6-15(7-5-14)22-23(28-17-9-11-20(32-2)21(13-17)33-3)25(31)29(24(22)30)19-10-8-16(26)12-18(19)27/h4-13,28H,1-3H3. The number of carbonyl (C=O) groups is 2. The molecule has 0 aromatic heterocycles. The number of carbonyl (C=O) groups excluding carboxylic acids is 2. The van der Waals surface area contributed by atoms with Crippen LogP contribution in [0.25, 0.3) is 5.57 Å². The third-order valence-corrected chi connectivity index (χ3v) is 5.23.